The van der Waals surface area contributed by atoms with E-state index >= 15 is 0 Å². The standard InChI is InChI=1S/C20H26N6O2S/c1-12-18(29-25-24-12)20(28)26-10-6-9-16(26)17-15(11-21-13(2)22-17)19(27)23-14-7-4-3-5-8-14/h11,14,16H,3-10H2,1-2H3,(H,23,27)/t16-/m0/s1. The third-order valence-electron chi connectivity index (χ3n) is 5.80. The van der Waals surface area contributed by atoms with Gasteiger partial charge < -0.3 is 10.2 Å². The molecule has 2 aliphatic rings. The van der Waals surface area contributed by atoms with Crippen molar-refractivity contribution in [2.45, 2.75) is 70.9 Å². The van der Waals surface area contributed by atoms with Crippen LogP contribution in [0.2, 0.25) is 0 Å². The number of rotatable bonds is 4. The Morgan fingerprint density at radius 1 is 1.14 bits per heavy atom. The smallest absolute Gasteiger partial charge is 0.268 e. The van der Waals surface area contributed by atoms with Crippen molar-refractivity contribution in [3.05, 3.63) is 33.8 Å². The van der Waals surface area contributed by atoms with Gasteiger partial charge in [0.1, 0.15) is 10.7 Å². The molecule has 8 nitrogen and oxygen atoms in total. The van der Waals surface area contributed by atoms with E-state index < -0.39 is 0 Å². The highest BCUT2D eigenvalue weighted by Crippen LogP contribution is 2.34. The molecule has 2 aromatic rings. The summed E-state index contributed by atoms with van der Waals surface area (Å²) >= 11 is 1.11. The van der Waals surface area contributed by atoms with Gasteiger partial charge in [0.25, 0.3) is 11.8 Å². The van der Waals surface area contributed by atoms with Gasteiger partial charge in [-0.1, -0.05) is 23.8 Å². The van der Waals surface area contributed by atoms with Crippen molar-refractivity contribution in [3.8, 4) is 0 Å². The van der Waals surface area contributed by atoms with E-state index in [0.29, 0.717) is 34.2 Å². The summed E-state index contributed by atoms with van der Waals surface area (Å²) in [5.74, 6) is 0.376. The number of nitrogens with one attached hydrogen (secondary N) is 1. The Morgan fingerprint density at radius 2 is 1.93 bits per heavy atom. The Bertz CT molecular complexity index is 908. The number of aryl methyl sites for hydroxylation is 2. The maximum absolute atomic E-state index is 13.1. The van der Waals surface area contributed by atoms with E-state index in [-0.39, 0.29) is 23.9 Å². The molecule has 1 saturated heterocycles. The first kappa shape index (κ1) is 19.9. The van der Waals surface area contributed by atoms with Gasteiger partial charge in [-0.25, -0.2) is 9.97 Å². The number of nitrogens with zero attached hydrogens (tertiary/aromatic N) is 5. The summed E-state index contributed by atoms with van der Waals surface area (Å²) < 4.78 is 3.89. The maximum Gasteiger partial charge on any atom is 0.268 e. The molecule has 1 saturated carbocycles. The quantitative estimate of drug-likeness (QED) is 0.825. The van der Waals surface area contributed by atoms with Gasteiger partial charge in [-0.05, 0) is 51.1 Å². The van der Waals surface area contributed by atoms with Crippen LogP contribution in [0.25, 0.3) is 0 Å². The van der Waals surface area contributed by atoms with Crippen LogP contribution in [0.1, 0.15) is 88.2 Å². The van der Waals surface area contributed by atoms with Gasteiger partial charge in [-0.15, -0.1) is 5.10 Å². The van der Waals surface area contributed by atoms with E-state index in [1.165, 1.54) is 6.42 Å². The van der Waals surface area contributed by atoms with Gasteiger partial charge in [-0.2, -0.15) is 0 Å². The number of hydrogen-bond donors (Lipinski definition) is 1. The molecule has 154 valence electrons. The normalized spacial score (nSPS) is 20.1. The highest BCUT2D eigenvalue weighted by atomic mass is 32.1. The van der Waals surface area contributed by atoms with Crippen molar-refractivity contribution in [1.29, 1.82) is 0 Å². The minimum absolute atomic E-state index is 0.0881. The van der Waals surface area contributed by atoms with Crippen LogP contribution < -0.4 is 5.32 Å². The van der Waals surface area contributed by atoms with Crippen LogP contribution in [0.4, 0.5) is 0 Å². The second-order valence-corrected chi connectivity index (χ2v) is 8.62. The number of likely N-dealkylation sites (tertiary alicyclic amines) is 1. The zero-order valence-electron chi connectivity index (χ0n) is 16.8. The largest absolute Gasteiger partial charge is 0.349 e. The molecule has 0 radical (unpaired) electrons. The van der Waals surface area contributed by atoms with Crippen molar-refractivity contribution in [3.63, 3.8) is 0 Å². The summed E-state index contributed by atoms with van der Waals surface area (Å²) in [6.45, 7) is 4.23. The van der Waals surface area contributed by atoms with E-state index in [0.717, 1.165) is 50.1 Å². The highest BCUT2D eigenvalue weighted by Gasteiger charge is 2.36. The number of carbonyl (C=O) groups is 2. The Kier molecular flexibility index (Phi) is 5.84. The van der Waals surface area contributed by atoms with Gasteiger partial charge in [0.2, 0.25) is 0 Å². The molecule has 1 aliphatic carbocycles. The van der Waals surface area contributed by atoms with Crippen LogP contribution in [0.3, 0.4) is 0 Å². The fraction of sp³-hybridized carbons (Fsp3) is 0.600. The molecule has 2 amide bonds. The molecule has 0 bridgehead atoms. The summed E-state index contributed by atoms with van der Waals surface area (Å²) in [7, 11) is 0. The molecular weight excluding hydrogens is 388 g/mol. The summed E-state index contributed by atoms with van der Waals surface area (Å²) in [6, 6.07) is -0.0320. The van der Waals surface area contributed by atoms with Crippen LogP contribution in [-0.2, 0) is 0 Å². The molecule has 1 atom stereocenters. The lowest BCUT2D eigenvalue weighted by molar-refractivity contribution is 0.0732. The van der Waals surface area contributed by atoms with E-state index in [1.54, 1.807) is 18.0 Å². The first-order valence-electron chi connectivity index (χ1n) is 10.3. The molecule has 1 aliphatic heterocycles. The monoisotopic (exact) mass is 414 g/mol. The molecule has 3 heterocycles. The fourth-order valence-corrected chi connectivity index (χ4v) is 4.89. The average Bonchev–Trinajstić information content (AvgIpc) is 3.37. The predicted molar refractivity (Wildman–Crippen MR) is 109 cm³/mol. The van der Waals surface area contributed by atoms with Crippen LogP contribution in [0.5, 0.6) is 0 Å². The summed E-state index contributed by atoms with van der Waals surface area (Å²) in [5, 5.41) is 7.12. The van der Waals surface area contributed by atoms with Crippen LogP contribution in [0.15, 0.2) is 6.20 Å². The zero-order chi connectivity index (χ0) is 20.4. The van der Waals surface area contributed by atoms with Crippen molar-refractivity contribution in [1.82, 2.24) is 29.8 Å². The minimum atomic E-state index is -0.238. The number of hydrogen-bond acceptors (Lipinski definition) is 7. The first-order chi connectivity index (χ1) is 14.0. The molecule has 1 N–H and O–H groups in total. The maximum atomic E-state index is 13.1. The van der Waals surface area contributed by atoms with Gasteiger partial charge in [-0.3, -0.25) is 9.59 Å². The van der Waals surface area contributed by atoms with Gasteiger partial charge in [0.15, 0.2) is 0 Å². The predicted octanol–water partition coefficient (Wildman–Crippen LogP) is 2.98. The van der Waals surface area contributed by atoms with Gasteiger partial charge >= 0.3 is 0 Å². The highest BCUT2D eigenvalue weighted by molar-refractivity contribution is 7.07. The fourth-order valence-electron chi connectivity index (χ4n) is 4.28. The third kappa shape index (κ3) is 4.14. The van der Waals surface area contributed by atoms with Crippen molar-refractivity contribution >= 4 is 23.3 Å². The van der Waals surface area contributed by atoms with Crippen molar-refractivity contribution in [2.24, 2.45) is 0 Å². The zero-order valence-corrected chi connectivity index (χ0v) is 17.7. The van der Waals surface area contributed by atoms with E-state index in [9.17, 15) is 9.59 Å². The number of aromatic nitrogens is 4. The Hall–Kier alpha value is -2.42. The first-order valence-corrected chi connectivity index (χ1v) is 11.1. The Balaban J connectivity index is 1.61. The van der Waals surface area contributed by atoms with E-state index in [2.05, 4.69) is 24.9 Å². The summed E-state index contributed by atoms with van der Waals surface area (Å²) in [4.78, 5) is 37.4. The summed E-state index contributed by atoms with van der Waals surface area (Å²) in [6.07, 6.45) is 8.81. The number of carbonyl (C=O) groups excluding carboxylic acids is 2. The molecular formula is C20H26N6O2S. The van der Waals surface area contributed by atoms with Crippen molar-refractivity contribution in [2.75, 3.05) is 6.54 Å². The SMILES string of the molecule is Cc1ncc(C(=O)NC2CCCCC2)c([C@@H]2CCCN2C(=O)c2snnc2C)n1. The van der Waals surface area contributed by atoms with Gasteiger partial charge in [0.05, 0.1) is 23.0 Å². The lowest BCUT2D eigenvalue weighted by atomic mass is 9.95. The topological polar surface area (TPSA) is 101 Å². The molecule has 0 aromatic carbocycles. The molecule has 2 aromatic heterocycles. The molecule has 29 heavy (non-hydrogen) atoms. The Labute approximate surface area is 174 Å². The second kappa shape index (κ2) is 8.52. The Morgan fingerprint density at radius 3 is 2.66 bits per heavy atom. The lowest BCUT2D eigenvalue weighted by Crippen LogP contribution is -2.38. The molecule has 9 heteroatoms. The third-order valence-corrected chi connectivity index (χ3v) is 6.61. The lowest BCUT2D eigenvalue weighted by Gasteiger charge is -2.27. The summed E-state index contributed by atoms with van der Waals surface area (Å²) in [5.41, 5.74) is 1.76. The van der Waals surface area contributed by atoms with E-state index in [4.69, 9.17) is 0 Å². The van der Waals surface area contributed by atoms with Crippen LogP contribution in [0, 0.1) is 13.8 Å². The van der Waals surface area contributed by atoms with Gasteiger partial charge in [0, 0.05) is 18.8 Å². The van der Waals surface area contributed by atoms with Crippen molar-refractivity contribution < 1.29 is 9.59 Å². The average molecular weight is 415 g/mol. The number of amides is 2. The van der Waals surface area contributed by atoms with Crippen LogP contribution in [-0.4, -0.2) is 48.9 Å². The molecule has 4 rings (SSSR count). The second-order valence-electron chi connectivity index (χ2n) is 7.87. The van der Waals surface area contributed by atoms with E-state index in [1.807, 2.05) is 6.92 Å². The van der Waals surface area contributed by atoms with Crippen LogP contribution >= 0.6 is 11.5 Å². The molecule has 2 fully saturated rings. The molecule has 0 spiro atoms. The minimum Gasteiger partial charge on any atom is -0.349 e. The molecule has 0 unspecified atom stereocenters.